The van der Waals surface area contributed by atoms with Crippen LogP contribution in [-0.4, -0.2) is 24.6 Å². The minimum Gasteiger partial charge on any atom is -0.230 e. The van der Waals surface area contributed by atoms with Crippen LogP contribution < -0.4 is 0 Å². The number of rotatable bonds is 3. The molecule has 0 aliphatic carbocycles. The Morgan fingerprint density at radius 1 is 1.20 bits per heavy atom. The number of hydrogen-bond acceptors (Lipinski definition) is 4. The van der Waals surface area contributed by atoms with Crippen LogP contribution in [0.3, 0.4) is 0 Å². The van der Waals surface area contributed by atoms with Gasteiger partial charge in [0.25, 0.3) is 0 Å². The standard InChI is InChI=1S/C13H12BrClN2O2S/c1-8(20(2,18)19)13-16-11(10(14)12(15)17-13)9-6-4-3-5-7-9/h3-8H,1-2H3. The first-order chi connectivity index (χ1) is 9.30. The molecule has 1 heterocycles. The van der Waals surface area contributed by atoms with Gasteiger partial charge in [-0.1, -0.05) is 41.9 Å². The van der Waals surface area contributed by atoms with E-state index in [1.54, 1.807) is 6.92 Å². The summed E-state index contributed by atoms with van der Waals surface area (Å²) in [7, 11) is -3.28. The van der Waals surface area contributed by atoms with Crippen LogP contribution >= 0.6 is 27.5 Å². The lowest BCUT2D eigenvalue weighted by atomic mass is 10.1. The molecular formula is C13H12BrClN2O2S. The van der Waals surface area contributed by atoms with E-state index in [0.717, 1.165) is 11.8 Å². The zero-order valence-electron chi connectivity index (χ0n) is 10.8. The van der Waals surface area contributed by atoms with E-state index < -0.39 is 15.1 Å². The minimum atomic E-state index is -3.28. The third kappa shape index (κ3) is 3.19. The van der Waals surface area contributed by atoms with Gasteiger partial charge in [0.1, 0.15) is 16.2 Å². The second-order valence-electron chi connectivity index (χ2n) is 4.37. The molecule has 0 radical (unpaired) electrons. The first kappa shape index (κ1) is 15.4. The topological polar surface area (TPSA) is 59.9 Å². The normalized spacial score (nSPS) is 13.2. The Morgan fingerprint density at radius 3 is 2.35 bits per heavy atom. The molecule has 0 aliphatic heterocycles. The van der Waals surface area contributed by atoms with E-state index in [9.17, 15) is 8.42 Å². The van der Waals surface area contributed by atoms with E-state index in [1.165, 1.54) is 0 Å². The monoisotopic (exact) mass is 374 g/mol. The van der Waals surface area contributed by atoms with Crippen LogP contribution in [0.1, 0.15) is 18.0 Å². The highest BCUT2D eigenvalue weighted by Crippen LogP contribution is 2.33. The Morgan fingerprint density at radius 2 is 1.80 bits per heavy atom. The van der Waals surface area contributed by atoms with E-state index >= 15 is 0 Å². The van der Waals surface area contributed by atoms with Crippen LogP contribution in [0.5, 0.6) is 0 Å². The number of halogens is 2. The number of nitrogens with zero attached hydrogens (tertiary/aromatic N) is 2. The van der Waals surface area contributed by atoms with Crippen LogP contribution in [0.25, 0.3) is 11.3 Å². The van der Waals surface area contributed by atoms with Crippen LogP contribution in [0.2, 0.25) is 5.15 Å². The highest BCUT2D eigenvalue weighted by molar-refractivity contribution is 9.10. The molecule has 20 heavy (non-hydrogen) atoms. The molecular weight excluding hydrogens is 364 g/mol. The molecule has 0 amide bonds. The summed E-state index contributed by atoms with van der Waals surface area (Å²) < 4.78 is 23.8. The third-order valence-corrected chi connectivity index (χ3v) is 5.63. The molecule has 0 fully saturated rings. The molecule has 1 aromatic carbocycles. The molecule has 0 bridgehead atoms. The number of sulfone groups is 1. The van der Waals surface area contributed by atoms with Gasteiger partial charge in [-0.25, -0.2) is 18.4 Å². The van der Waals surface area contributed by atoms with Crippen LogP contribution in [0, 0.1) is 0 Å². The van der Waals surface area contributed by atoms with Crippen molar-refractivity contribution in [2.24, 2.45) is 0 Å². The van der Waals surface area contributed by atoms with Crippen LogP contribution in [-0.2, 0) is 9.84 Å². The molecule has 2 rings (SSSR count). The van der Waals surface area contributed by atoms with Crippen molar-refractivity contribution in [1.82, 2.24) is 9.97 Å². The Kier molecular flexibility index (Phi) is 4.46. The predicted molar refractivity (Wildman–Crippen MR) is 83.4 cm³/mol. The van der Waals surface area contributed by atoms with E-state index in [2.05, 4.69) is 25.9 Å². The second kappa shape index (κ2) is 5.79. The predicted octanol–water partition coefficient (Wildman–Crippen LogP) is 3.67. The summed E-state index contributed by atoms with van der Waals surface area (Å²) in [5.74, 6) is 0.194. The Balaban J connectivity index is 2.63. The summed E-state index contributed by atoms with van der Waals surface area (Å²) in [5.41, 5.74) is 1.42. The summed E-state index contributed by atoms with van der Waals surface area (Å²) in [5, 5.41) is -0.611. The largest absolute Gasteiger partial charge is 0.230 e. The van der Waals surface area contributed by atoms with Gasteiger partial charge in [0.05, 0.1) is 10.2 Å². The Labute approximate surface area is 131 Å². The molecule has 4 nitrogen and oxygen atoms in total. The third-order valence-electron chi connectivity index (χ3n) is 2.88. The fourth-order valence-corrected chi connectivity index (χ4v) is 2.67. The maximum Gasteiger partial charge on any atom is 0.157 e. The Bertz CT molecular complexity index is 736. The molecule has 0 saturated heterocycles. The number of aromatic nitrogens is 2. The van der Waals surface area contributed by atoms with E-state index in [1.807, 2.05) is 30.3 Å². The fourth-order valence-electron chi connectivity index (χ4n) is 1.60. The van der Waals surface area contributed by atoms with Gasteiger partial charge in [-0.15, -0.1) is 0 Å². The zero-order chi connectivity index (χ0) is 14.9. The van der Waals surface area contributed by atoms with Gasteiger partial charge in [0.15, 0.2) is 9.84 Å². The molecule has 0 saturated carbocycles. The molecule has 1 unspecified atom stereocenters. The molecule has 1 atom stereocenters. The first-order valence-electron chi connectivity index (χ1n) is 5.78. The van der Waals surface area contributed by atoms with Crippen LogP contribution in [0.4, 0.5) is 0 Å². The maximum absolute atomic E-state index is 11.6. The molecule has 0 N–H and O–H groups in total. The molecule has 0 aliphatic rings. The lowest BCUT2D eigenvalue weighted by molar-refractivity contribution is 0.589. The second-order valence-corrected chi connectivity index (χ2v) is 7.89. The van der Waals surface area contributed by atoms with E-state index in [4.69, 9.17) is 11.6 Å². The van der Waals surface area contributed by atoms with E-state index in [0.29, 0.717) is 10.2 Å². The average molecular weight is 376 g/mol. The van der Waals surface area contributed by atoms with Crippen molar-refractivity contribution in [2.75, 3.05) is 6.26 Å². The van der Waals surface area contributed by atoms with Gasteiger partial charge >= 0.3 is 0 Å². The van der Waals surface area contributed by atoms with Crippen molar-refractivity contribution >= 4 is 37.4 Å². The van der Waals surface area contributed by atoms with Gasteiger partial charge in [0, 0.05) is 11.8 Å². The summed E-state index contributed by atoms with van der Waals surface area (Å²) in [4.78, 5) is 8.40. The van der Waals surface area contributed by atoms with Crippen molar-refractivity contribution in [1.29, 1.82) is 0 Å². The first-order valence-corrected chi connectivity index (χ1v) is 8.90. The number of benzene rings is 1. The molecule has 106 valence electrons. The highest BCUT2D eigenvalue weighted by atomic mass is 79.9. The van der Waals surface area contributed by atoms with E-state index in [-0.39, 0.29) is 11.0 Å². The van der Waals surface area contributed by atoms with Crippen molar-refractivity contribution in [3.63, 3.8) is 0 Å². The summed E-state index contributed by atoms with van der Waals surface area (Å²) in [6.07, 6.45) is 1.15. The van der Waals surface area contributed by atoms with Crippen molar-refractivity contribution in [3.8, 4) is 11.3 Å². The van der Waals surface area contributed by atoms with Crippen LogP contribution in [0.15, 0.2) is 34.8 Å². The molecule has 2 aromatic rings. The van der Waals surface area contributed by atoms with Crippen molar-refractivity contribution in [2.45, 2.75) is 12.2 Å². The average Bonchev–Trinajstić information content (AvgIpc) is 2.41. The highest BCUT2D eigenvalue weighted by Gasteiger charge is 2.23. The van der Waals surface area contributed by atoms with Gasteiger partial charge < -0.3 is 0 Å². The quantitative estimate of drug-likeness (QED) is 0.768. The summed E-state index contributed by atoms with van der Waals surface area (Å²) in [6, 6.07) is 9.38. The summed E-state index contributed by atoms with van der Waals surface area (Å²) in [6.45, 7) is 1.55. The molecule has 7 heteroatoms. The zero-order valence-corrected chi connectivity index (χ0v) is 14.0. The minimum absolute atomic E-state index is 0.194. The maximum atomic E-state index is 11.6. The lowest BCUT2D eigenvalue weighted by Gasteiger charge is -2.12. The SMILES string of the molecule is CC(c1nc(Cl)c(Br)c(-c2ccccc2)n1)S(C)(=O)=O. The molecule has 1 aromatic heterocycles. The van der Waals surface area contributed by atoms with Gasteiger partial charge in [0.2, 0.25) is 0 Å². The summed E-state index contributed by atoms with van der Waals surface area (Å²) >= 11 is 9.41. The van der Waals surface area contributed by atoms with Crippen molar-refractivity contribution in [3.05, 3.63) is 45.8 Å². The smallest absolute Gasteiger partial charge is 0.157 e. The fraction of sp³-hybridized carbons (Fsp3) is 0.231. The molecule has 0 spiro atoms. The lowest BCUT2D eigenvalue weighted by Crippen LogP contribution is -2.12. The Hall–Kier alpha value is -0.980. The van der Waals surface area contributed by atoms with Gasteiger partial charge in [-0.3, -0.25) is 0 Å². The van der Waals surface area contributed by atoms with Crippen molar-refractivity contribution < 1.29 is 8.42 Å². The van der Waals surface area contributed by atoms with Gasteiger partial charge in [-0.05, 0) is 22.9 Å². The van der Waals surface area contributed by atoms with Gasteiger partial charge in [-0.2, -0.15) is 0 Å². The number of hydrogen-bond donors (Lipinski definition) is 0.